The molecule has 0 N–H and O–H groups in total. The molecular formula is C31H31NO6. The van der Waals surface area contributed by atoms with E-state index in [4.69, 9.17) is 18.9 Å². The molecule has 7 nitrogen and oxygen atoms in total. The van der Waals surface area contributed by atoms with Gasteiger partial charge in [0.05, 0.1) is 27.9 Å². The Morgan fingerprint density at radius 2 is 1.74 bits per heavy atom. The predicted molar refractivity (Wildman–Crippen MR) is 148 cm³/mol. The van der Waals surface area contributed by atoms with Crippen LogP contribution in [0.3, 0.4) is 0 Å². The fraction of sp³-hybridized carbons (Fsp3) is 0.226. The Morgan fingerprint density at radius 1 is 0.974 bits per heavy atom. The summed E-state index contributed by atoms with van der Waals surface area (Å²) < 4.78 is 22.0. The van der Waals surface area contributed by atoms with Gasteiger partial charge in [-0.15, -0.1) is 0 Å². The fourth-order valence-electron chi connectivity index (χ4n) is 4.16. The first-order valence-electron chi connectivity index (χ1n) is 12.1. The van der Waals surface area contributed by atoms with Gasteiger partial charge in [0.2, 0.25) is 0 Å². The first-order chi connectivity index (χ1) is 18.2. The molecule has 0 atom stereocenters. The van der Waals surface area contributed by atoms with Gasteiger partial charge in [-0.2, -0.15) is 0 Å². The van der Waals surface area contributed by atoms with Gasteiger partial charge in [-0.25, -0.2) is 4.79 Å². The van der Waals surface area contributed by atoms with E-state index in [2.05, 4.69) is 0 Å². The molecular weight excluding hydrogens is 482 g/mol. The topological polar surface area (TPSA) is 74.3 Å². The van der Waals surface area contributed by atoms with Gasteiger partial charge >= 0.3 is 5.97 Å². The molecule has 0 aromatic heterocycles. The van der Waals surface area contributed by atoms with Gasteiger partial charge in [0.15, 0.2) is 11.5 Å². The van der Waals surface area contributed by atoms with Crippen molar-refractivity contribution < 1.29 is 28.5 Å². The van der Waals surface area contributed by atoms with Crippen LogP contribution in [-0.4, -0.2) is 38.8 Å². The zero-order chi connectivity index (χ0) is 27.3. The van der Waals surface area contributed by atoms with Gasteiger partial charge in [-0.05, 0) is 68.0 Å². The Balaban J connectivity index is 1.77. The molecule has 1 amide bonds. The van der Waals surface area contributed by atoms with Crippen molar-refractivity contribution >= 4 is 29.7 Å². The maximum Gasteiger partial charge on any atom is 0.330 e. The van der Waals surface area contributed by atoms with Crippen LogP contribution in [0.4, 0.5) is 5.69 Å². The van der Waals surface area contributed by atoms with Gasteiger partial charge in [0.1, 0.15) is 11.4 Å². The SMILES string of the molecule is COC(=O)/C=C/c1cccc(N(Cc2ccc3c(c2OC)OC(C)(C)C=C3)C(=O)c2ccc(OC)cc2)c1. The molecule has 0 saturated carbocycles. The van der Waals surface area contributed by atoms with Gasteiger partial charge < -0.3 is 23.8 Å². The molecule has 0 radical (unpaired) electrons. The number of hydrogen-bond donors (Lipinski definition) is 0. The quantitative estimate of drug-likeness (QED) is 0.275. The van der Waals surface area contributed by atoms with E-state index >= 15 is 0 Å². The highest BCUT2D eigenvalue weighted by molar-refractivity contribution is 6.06. The molecule has 3 aromatic carbocycles. The average Bonchev–Trinajstić information content (AvgIpc) is 2.93. The lowest BCUT2D eigenvalue weighted by molar-refractivity contribution is -0.134. The van der Waals surface area contributed by atoms with Crippen LogP contribution in [0.15, 0.2) is 72.8 Å². The molecule has 38 heavy (non-hydrogen) atoms. The normalized spacial score (nSPS) is 13.4. The van der Waals surface area contributed by atoms with Crippen molar-refractivity contribution in [3.8, 4) is 17.2 Å². The van der Waals surface area contributed by atoms with Crippen LogP contribution < -0.4 is 19.1 Å². The third-order valence-electron chi connectivity index (χ3n) is 6.16. The van der Waals surface area contributed by atoms with Crippen molar-refractivity contribution in [2.24, 2.45) is 0 Å². The number of carbonyl (C=O) groups excluding carboxylic acids is 2. The van der Waals surface area contributed by atoms with Crippen molar-refractivity contribution in [2.45, 2.75) is 26.0 Å². The van der Waals surface area contributed by atoms with Crippen molar-refractivity contribution in [3.05, 3.63) is 95.1 Å². The second-order valence-electron chi connectivity index (χ2n) is 9.29. The molecule has 1 aliphatic heterocycles. The van der Waals surface area contributed by atoms with Crippen molar-refractivity contribution in [1.82, 2.24) is 0 Å². The van der Waals surface area contributed by atoms with Crippen molar-refractivity contribution in [2.75, 3.05) is 26.2 Å². The lowest BCUT2D eigenvalue weighted by atomic mass is 9.99. The van der Waals surface area contributed by atoms with E-state index < -0.39 is 11.6 Å². The highest BCUT2D eigenvalue weighted by Crippen LogP contribution is 2.42. The lowest BCUT2D eigenvalue weighted by Crippen LogP contribution is -2.31. The molecule has 0 saturated heterocycles. The number of hydrogen-bond acceptors (Lipinski definition) is 6. The third-order valence-corrected chi connectivity index (χ3v) is 6.16. The van der Waals surface area contributed by atoms with Crippen molar-refractivity contribution in [3.63, 3.8) is 0 Å². The first kappa shape index (κ1) is 26.5. The van der Waals surface area contributed by atoms with Crippen LogP contribution in [0.25, 0.3) is 12.2 Å². The minimum Gasteiger partial charge on any atom is -0.497 e. The maximum absolute atomic E-state index is 13.9. The second kappa shape index (κ2) is 11.3. The van der Waals surface area contributed by atoms with Gasteiger partial charge in [0.25, 0.3) is 5.91 Å². The number of benzene rings is 3. The molecule has 4 rings (SSSR count). The Kier molecular flexibility index (Phi) is 7.86. The second-order valence-corrected chi connectivity index (χ2v) is 9.29. The zero-order valence-corrected chi connectivity index (χ0v) is 22.2. The van der Waals surface area contributed by atoms with Crippen LogP contribution >= 0.6 is 0 Å². The molecule has 0 aliphatic carbocycles. The van der Waals surface area contributed by atoms with E-state index in [1.54, 1.807) is 49.5 Å². The monoisotopic (exact) mass is 513 g/mol. The third kappa shape index (κ3) is 5.89. The highest BCUT2D eigenvalue weighted by Gasteiger charge is 2.28. The molecule has 3 aromatic rings. The summed E-state index contributed by atoms with van der Waals surface area (Å²) in [6.45, 7) is 4.18. The number of carbonyl (C=O) groups is 2. The molecule has 0 bridgehead atoms. The number of anilines is 1. The molecule has 0 fully saturated rings. The minimum atomic E-state index is -0.488. The van der Waals surface area contributed by atoms with Crippen LogP contribution in [0.5, 0.6) is 17.2 Å². The van der Waals surface area contributed by atoms with Gasteiger partial charge in [-0.3, -0.25) is 4.79 Å². The molecule has 196 valence electrons. The van der Waals surface area contributed by atoms with E-state index in [9.17, 15) is 9.59 Å². The molecule has 0 unspecified atom stereocenters. The number of amides is 1. The number of fused-ring (bicyclic) bond motifs is 1. The number of methoxy groups -OCH3 is 3. The zero-order valence-electron chi connectivity index (χ0n) is 22.2. The number of esters is 1. The summed E-state index contributed by atoms with van der Waals surface area (Å²) in [6.07, 6.45) is 7.00. The number of ether oxygens (including phenoxy) is 4. The average molecular weight is 514 g/mol. The summed E-state index contributed by atoms with van der Waals surface area (Å²) in [7, 11) is 4.50. The van der Waals surface area contributed by atoms with Crippen LogP contribution in [0.2, 0.25) is 0 Å². The molecule has 0 spiro atoms. The summed E-state index contributed by atoms with van der Waals surface area (Å²) >= 11 is 0. The van der Waals surface area contributed by atoms with Crippen LogP contribution in [-0.2, 0) is 16.1 Å². The predicted octanol–water partition coefficient (Wildman–Crippen LogP) is 5.92. The molecule has 7 heteroatoms. The smallest absolute Gasteiger partial charge is 0.330 e. The van der Waals surface area contributed by atoms with E-state index in [0.29, 0.717) is 28.5 Å². The lowest BCUT2D eigenvalue weighted by Gasteiger charge is -2.31. The van der Waals surface area contributed by atoms with Gasteiger partial charge in [0, 0.05) is 28.5 Å². The molecule has 1 heterocycles. The summed E-state index contributed by atoms with van der Waals surface area (Å²) in [5.74, 6) is 1.21. The Bertz CT molecular complexity index is 1390. The maximum atomic E-state index is 13.9. The largest absolute Gasteiger partial charge is 0.497 e. The van der Waals surface area contributed by atoms with Gasteiger partial charge in [-0.1, -0.05) is 30.3 Å². The summed E-state index contributed by atoms with van der Waals surface area (Å²) in [5.41, 5.74) is 3.10. The Hall–Kier alpha value is -4.52. The minimum absolute atomic E-state index is 0.206. The van der Waals surface area contributed by atoms with E-state index in [1.807, 2.05) is 62.4 Å². The fourth-order valence-corrected chi connectivity index (χ4v) is 4.16. The standard InChI is InChI=1S/C31H31NO6/c1-31(2)18-17-22-10-11-24(28(37-5)29(22)38-31)20-32(30(34)23-12-14-26(35-3)15-13-23)25-8-6-7-21(19-25)9-16-27(33)36-4/h6-19H,20H2,1-5H3/b16-9+. The number of rotatable bonds is 8. The highest BCUT2D eigenvalue weighted by atomic mass is 16.5. The summed E-state index contributed by atoms with van der Waals surface area (Å²) in [5, 5.41) is 0. The first-order valence-corrected chi connectivity index (χ1v) is 12.1. The Labute approximate surface area is 222 Å². The van der Waals surface area contributed by atoms with Crippen LogP contribution in [0.1, 0.15) is 40.9 Å². The van der Waals surface area contributed by atoms with E-state index in [1.165, 1.54) is 13.2 Å². The summed E-state index contributed by atoms with van der Waals surface area (Å²) in [4.78, 5) is 27.2. The Morgan fingerprint density at radius 3 is 2.42 bits per heavy atom. The number of nitrogens with zero attached hydrogens (tertiary/aromatic N) is 1. The van der Waals surface area contributed by atoms with E-state index in [-0.39, 0.29) is 12.5 Å². The van der Waals surface area contributed by atoms with E-state index in [0.717, 1.165) is 16.7 Å². The summed E-state index contributed by atoms with van der Waals surface area (Å²) in [6, 6.07) is 18.3. The van der Waals surface area contributed by atoms with Crippen molar-refractivity contribution in [1.29, 1.82) is 0 Å². The van der Waals surface area contributed by atoms with Crippen LogP contribution in [0, 0.1) is 0 Å². The molecule has 1 aliphatic rings.